The van der Waals surface area contributed by atoms with Gasteiger partial charge in [-0.15, -0.1) is 0 Å². The Morgan fingerprint density at radius 2 is 1.03 bits per heavy atom. The van der Waals surface area contributed by atoms with Gasteiger partial charge in [0.1, 0.15) is 17.2 Å². The van der Waals surface area contributed by atoms with Crippen LogP contribution >= 0.6 is 0 Å². The zero-order valence-corrected chi connectivity index (χ0v) is 18.1. The van der Waals surface area contributed by atoms with E-state index in [1.54, 1.807) is 12.1 Å². The molecule has 3 aromatic rings. The summed E-state index contributed by atoms with van der Waals surface area (Å²) in [6.45, 7) is 11.9. The van der Waals surface area contributed by atoms with Gasteiger partial charge in [-0.1, -0.05) is 24.3 Å². The second-order valence-electron chi connectivity index (χ2n) is 8.22. The Balaban J connectivity index is 2.29. The molecule has 0 spiro atoms. The van der Waals surface area contributed by atoms with E-state index >= 15 is 0 Å². The summed E-state index contributed by atoms with van der Waals surface area (Å²) >= 11 is 0. The highest BCUT2D eigenvalue weighted by atomic mass is 16.3. The van der Waals surface area contributed by atoms with Crippen LogP contribution in [0.4, 0.5) is 0 Å². The van der Waals surface area contributed by atoms with Crippen molar-refractivity contribution in [3.8, 4) is 17.2 Å². The first kappa shape index (κ1) is 20.8. The Morgan fingerprint density at radius 3 is 1.45 bits per heavy atom. The molecule has 0 saturated heterocycles. The van der Waals surface area contributed by atoms with E-state index in [1.807, 2.05) is 53.7 Å². The van der Waals surface area contributed by atoms with Crippen LogP contribution in [0, 0.1) is 41.5 Å². The highest BCUT2D eigenvalue weighted by Crippen LogP contribution is 2.44. The minimum Gasteiger partial charge on any atom is -0.508 e. The Kier molecular flexibility index (Phi) is 5.61. The van der Waals surface area contributed by atoms with E-state index in [-0.39, 0.29) is 11.7 Å². The van der Waals surface area contributed by atoms with Gasteiger partial charge < -0.3 is 15.3 Å². The molecule has 0 amide bonds. The lowest BCUT2D eigenvalue weighted by molar-refractivity contribution is 0.447. The summed E-state index contributed by atoms with van der Waals surface area (Å²) in [5.41, 5.74) is 8.57. The lowest BCUT2D eigenvalue weighted by Crippen LogP contribution is -2.11. The average Bonchev–Trinajstić information content (AvgIpc) is 2.66. The Hall–Kier alpha value is -2.94. The van der Waals surface area contributed by atoms with Gasteiger partial charge >= 0.3 is 0 Å². The second kappa shape index (κ2) is 7.82. The first-order chi connectivity index (χ1) is 13.6. The lowest BCUT2D eigenvalue weighted by atomic mass is 9.78. The number of hydrogen-bond donors (Lipinski definition) is 3. The molecular weight excluding hydrogens is 360 g/mol. The Morgan fingerprint density at radius 1 is 0.621 bits per heavy atom. The van der Waals surface area contributed by atoms with Gasteiger partial charge in [0.2, 0.25) is 0 Å². The monoisotopic (exact) mass is 390 g/mol. The van der Waals surface area contributed by atoms with Crippen molar-refractivity contribution in [2.24, 2.45) is 0 Å². The van der Waals surface area contributed by atoms with Crippen LogP contribution in [-0.2, 0) is 6.42 Å². The van der Waals surface area contributed by atoms with Gasteiger partial charge in [0, 0.05) is 17.0 Å². The Bertz CT molecular complexity index is 999. The fourth-order valence-corrected chi connectivity index (χ4v) is 4.27. The van der Waals surface area contributed by atoms with Crippen molar-refractivity contribution in [3.05, 3.63) is 86.5 Å². The molecular formula is C26H30O3. The van der Waals surface area contributed by atoms with Crippen LogP contribution in [0.3, 0.4) is 0 Å². The van der Waals surface area contributed by atoms with Gasteiger partial charge in [-0.25, -0.2) is 0 Å². The SMILES string of the molecule is Cc1cc(C)c(C(Cc2ccc(O)cc2)c2c(C)cc(C)c(C)c2O)c(O)c1C. The van der Waals surface area contributed by atoms with Gasteiger partial charge in [-0.3, -0.25) is 0 Å². The molecule has 3 nitrogen and oxygen atoms in total. The van der Waals surface area contributed by atoms with E-state index in [4.69, 9.17) is 0 Å². The van der Waals surface area contributed by atoms with Crippen molar-refractivity contribution in [3.63, 3.8) is 0 Å². The van der Waals surface area contributed by atoms with Crippen LogP contribution in [0.25, 0.3) is 0 Å². The highest BCUT2D eigenvalue weighted by Gasteiger charge is 2.27. The standard InChI is InChI=1S/C26H30O3/c1-14-11-16(3)23(25(28)18(14)5)22(13-20-7-9-21(27)10-8-20)24-17(4)12-15(2)19(6)26(24)29/h7-12,22,27-29H,13H2,1-6H3. The quantitative estimate of drug-likeness (QED) is 0.510. The number of phenols is 3. The second-order valence-corrected chi connectivity index (χ2v) is 8.22. The number of phenolic OH excluding ortho intramolecular Hbond substituents is 3. The fraction of sp³-hybridized carbons (Fsp3) is 0.308. The first-order valence-corrected chi connectivity index (χ1v) is 9.99. The number of aryl methyl sites for hydroxylation is 4. The van der Waals surface area contributed by atoms with Crippen LogP contribution in [0.15, 0.2) is 36.4 Å². The average molecular weight is 391 g/mol. The topological polar surface area (TPSA) is 60.7 Å². The third-order valence-corrected chi connectivity index (χ3v) is 6.19. The molecule has 29 heavy (non-hydrogen) atoms. The summed E-state index contributed by atoms with van der Waals surface area (Å²) in [5.74, 6) is 0.602. The van der Waals surface area contributed by atoms with Gasteiger partial charge in [0.25, 0.3) is 0 Å². The smallest absolute Gasteiger partial charge is 0.122 e. The molecule has 0 fully saturated rings. The minimum absolute atomic E-state index is 0.210. The molecule has 3 heteroatoms. The zero-order chi connectivity index (χ0) is 21.5. The molecule has 0 heterocycles. The third-order valence-electron chi connectivity index (χ3n) is 6.19. The molecule has 0 aliphatic heterocycles. The molecule has 3 rings (SSSR count). The molecule has 0 saturated carbocycles. The third kappa shape index (κ3) is 3.82. The van der Waals surface area contributed by atoms with Crippen molar-refractivity contribution < 1.29 is 15.3 Å². The molecule has 0 aliphatic carbocycles. The normalized spacial score (nSPS) is 11.3. The van der Waals surface area contributed by atoms with E-state index in [2.05, 4.69) is 12.1 Å². The number of aromatic hydroxyl groups is 3. The van der Waals surface area contributed by atoms with Gasteiger partial charge in [0.15, 0.2) is 0 Å². The molecule has 3 N–H and O–H groups in total. The largest absolute Gasteiger partial charge is 0.508 e. The molecule has 0 aromatic heterocycles. The number of benzene rings is 3. The maximum absolute atomic E-state index is 11.1. The maximum Gasteiger partial charge on any atom is 0.122 e. The van der Waals surface area contributed by atoms with Gasteiger partial charge in [-0.2, -0.15) is 0 Å². The van der Waals surface area contributed by atoms with Crippen LogP contribution in [0.5, 0.6) is 17.2 Å². The predicted molar refractivity (Wildman–Crippen MR) is 118 cm³/mol. The van der Waals surface area contributed by atoms with E-state index in [1.165, 1.54) is 0 Å². The summed E-state index contributed by atoms with van der Waals surface area (Å²) in [4.78, 5) is 0. The summed E-state index contributed by atoms with van der Waals surface area (Å²) < 4.78 is 0. The summed E-state index contributed by atoms with van der Waals surface area (Å²) in [5, 5.41) is 31.8. The van der Waals surface area contributed by atoms with E-state index in [9.17, 15) is 15.3 Å². The van der Waals surface area contributed by atoms with Crippen molar-refractivity contribution in [2.75, 3.05) is 0 Å². The summed E-state index contributed by atoms with van der Waals surface area (Å²) in [7, 11) is 0. The maximum atomic E-state index is 11.1. The first-order valence-electron chi connectivity index (χ1n) is 9.99. The molecule has 3 aromatic carbocycles. The number of hydrogen-bond acceptors (Lipinski definition) is 3. The van der Waals surface area contributed by atoms with Crippen molar-refractivity contribution in [1.82, 2.24) is 0 Å². The van der Waals surface area contributed by atoms with E-state index in [0.717, 1.165) is 50.1 Å². The summed E-state index contributed by atoms with van der Waals surface area (Å²) in [6, 6.07) is 11.3. The van der Waals surface area contributed by atoms with Crippen LogP contribution in [0.1, 0.15) is 56.0 Å². The minimum atomic E-state index is -0.210. The highest BCUT2D eigenvalue weighted by molar-refractivity contribution is 5.59. The molecule has 0 unspecified atom stereocenters. The van der Waals surface area contributed by atoms with Gasteiger partial charge in [-0.05, 0) is 99.0 Å². The fourth-order valence-electron chi connectivity index (χ4n) is 4.27. The Labute approximate surface area is 173 Å². The van der Waals surface area contributed by atoms with Crippen LogP contribution < -0.4 is 0 Å². The molecule has 0 radical (unpaired) electrons. The summed E-state index contributed by atoms with van der Waals surface area (Å²) in [6.07, 6.45) is 0.605. The molecule has 0 atom stereocenters. The lowest BCUT2D eigenvalue weighted by Gasteiger charge is -2.26. The predicted octanol–water partition coefficient (Wildman–Crippen LogP) is 6.03. The van der Waals surface area contributed by atoms with Crippen molar-refractivity contribution in [2.45, 2.75) is 53.9 Å². The molecule has 0 aliphatic rings. The molecule has 0 bridgehead atoms. The zero-order valence-electron chi connectivity index (χ0n) is 18.1. The van der Waals surface area contributed by atoms with Crippen molar-refractivity contribution >= 4 is 0 Å². The number of rotatable bonds is 4. The van der Waals surface area contributed by atoms with Gasteiger partial charge in [0.05, 0.1) is 0 Å². The van der Waals surface area contributed by atoms with Crippen molar-refractivity contribution in [1.29, 1.82) is 0 Å². The van der Waals surface area contributed by atoms with Crippen LogP contribution in [-0.4, -0.2) is 15.3 Å². The van der Waals surface area contributed by atoms with Crippen LogP contribution in [0.2, 0.25) is 0 Å². The van der Waals surface area contributed by atoms with E-state index < -0.39 is 0 Å². The van der Waals surface area contributed by atoms with E-state index in [0.29, 0.717) is 17.9 Å². The molecule has 152 valence electrons.